The van der Waals surface area contributed by atoms with Gasteiger partial charge in [0, 0.05) is 43.9 Å². The van der Waals surface area contributed by atoms with Crippen molar-refractivity contribution in [3.05, 3.63) is 75.3 Å². The highest BCUT2D eigenvalue weighted by Crippen LogP contribution is 2.40. The van der Waals surface area contributed by atoms with Crippen molar-refractivity contribution in [2.75, 3.05) is 46.0 Å². The second kappa shape index (κ2) is 11.5. The number of aliphatic hydroxyl groups excluding tert-OH is 1. The summed E-state index contributed by atoms with van der Waals surface area (Å²) in [4.78, 5) is 40.8. The van der Waals surface area contributed by atoms with Crippen molar-refractivity contribution < 1.29 is 29.1 Å². The molecule has 2 aromatic rings. The quantitative estimate of drug-likeness (QED) is 0.179. The molecule has 1 unspecified atom stereocenters. The molecule has 1 amide bonds. The molecular formula is C27H31N3O7. The fourth-order valence-corrected chi connectivity index (χ4v) is 4.47. The van der Waals surface area contributed by atoms with E-state index in [2.05, 4.69) is 4.90 Å². The van der Waals surface area contributed by atoms with Crippen LogP contribution in [-0.4, -0.2) is 77.5 Å². The van der Waals surface area contributed by atoms with Crippen molar-refractivity contribution in [3.63, 3.8) is 0 Å². The van der Waals surface area contributed by atoms with E-state index in [1.165, 1.54) is 23.1 Å². The van der Waals surface area contributed by atoms with Gasteiger partial charge in [-0.05, 0) is 35.7 Å². The van der Waals surface area contributed by atoms with Crippen LogP contribution in [0.15, 0.2) is 54.1 Å². The average molecular weight is 510 g/mol. The Balaban J connectivity index is 1.71. The number of Topliss-reactive ketones (excluding diaryl/α,β-unsaturated/α-hetero) is 1. The Labute approximate surface area is 215 Å². The number of aliphatic hydroxyl groups is 1. The highest BCUT2D eigenvalue weighted by atomic mass is 16.6. The van der Waals surface area contributed by atoms with Crippen LogP contribution in [0.2, 0.25) is 0 Å². The third-order valence-corrected chi connectivity index (χ3v) is 6.41. The Morgan fingerprint density at radius 2 is 1.84 bits per heavy atom. The number of ketones is 1. The van der Waals surface area contributed by atoms with Crippen LogP contribution in [-0.2, 0) is 14.3 Å². The predicted molar refractivity (Wildman–Crippen MR) is 136 cm³/mol. The number of nitro benzene ring substituents is 1. The molecule has 0 aliphatic carbocycles. The Morgan fingerprint density at radius 1 is 1.14 bits per heavy atom. The van der Waals surface area contributed by atoms with E-state index >= 15 is 0 Å². The van der Waals surface area contributed by atoms with E-state index < -0.39 is 22.7 Å². The standard InChI is InChI=1S/C27H31N3O7/c1-18(2)17-37-22-8-6-19(7-9-22)25(31)23-24(20-4-3-5-21(16-20)30(34)35)29(27(33)26(23)32)11-10-28-12-14-36-15-13-28/h3-9,16,18,24,31H,10-15,17H2,1-2H3/b25-23+. The summed E-state index contributed by atoms with van der Waals surface area (Å²) >= 11 is 0. The molecule has 2 fully saturated rings. The zero-order valence-corrected chi connectivity index (χ0v) is 21.0. The highest BCUT2D eigenvalue weighted by Gasteiger charge is 2.46. The van der Waals surface area contributed by atoms with E-state index in [1.54, 1.807) is 30.3 Å². The molecule has 2 aliphatic heterocycles. The van der Waals surface area contributed by atoms with Gasteiger partial charge in [0.25, 0.3) is 17.4 Å². The van der Waals surface area contributed by atoms with Crippen molar-refractivity contribution >= 4 is 23.1 Å². The molecule has 0 spiro atoms. The SMILES string of the molecule is CC(C)COc1ccc(/C(O)=C2\C(=O)C(=O)N(CCN3CCOCC3)C2c2cccc([N+](=O)[O-])c2)cc1. The highest BCUT2D eigenvalue weighted by molar-refractivity contribution is 6.46. The molecule has 2 aromatic carbocycles. The fourth-order valence-electron chi connectivity index (χ4n) is 4.47. The first-order chi connectivity index (χ1) is 17.8. The maximum Gasteiger partial charge on any atom is 0.295 e. The molecule has 196 valence electrons. The molecule has 0 aromatic heterocycles. The van der Waals surface area contributed by atoms with Gasteiger partial charge in [0.05, 0.1) is 36.4 Å². The van der Waals surface area contributed by atoms with E-state index in [9.17, 15) is 24.8 Å². The third kappa shape index (κ3) is 5.98. The molecule has 2 saturated heterocycles. The summed E-state index contributed by atoms with van der Waals surface area (Å²) in [5, 5.41) is 22.7. The number of ether oxygens (including phenoxy) is 2. The maximum absolute atomic E-state index is 13.2. The summed E-state index contributed by atoms with van der Waals surface area (Å²) in [6.07, 6.45) is 0. The number of carbonyl (C=O) groups is 2. The Hall–Kier alpha value is -3.76. The lowest BCUT2D eigenvalue weighted by atomic mass is 9.95. The molecule has 0 saturated carbocycles. The predicted octanol–water partition coefficient (Wildman–Crippen LogP) is 3.38. The van der Waals surface area contributed by atoms with Crippen molar-refractivity contribution in [2.45, 2.75) is 19.9 Å². The molecule has 10 nitrogen and oxygen atoms in total. The van der Waals surface area contributed by atoms with Gasteiger partial charge in [-0.25, -0.2) is 0 Å². The fraction of sp³-hybridized carbons (Fsp3) is 0.407. The van der Waals surface area contributed by atoms with Gasteiger partial charge in [0.2, 0.25) is 0 Å². The first-order valence-corrected chi connectivity index (χ1v) is 12.3. The molecule has 10 heteroatoms. The second-order valence-electron chi connectivity index (χ2n) is 9.53. The second-order valence-corrected chi connectivity index (χ2v) is 9.53. The molecule has 2 heterocycles. The first kappa shape index (κ1) is 26.3. The molecule has 2 aliphatic rings. The number of hydrogen-bond donors (Lipinski definition) is 1. The monoisotopic (exact) mass is 509 g/mol. The van der Waals surface area contributed by atoms with Crippen molar-refractivity contribution in [1.82, 2.24) is 9.80 Å². The summed E-state index contributed by atoms with van der Waals surface area (Å²) in [5.74, 6) is -0.943. The summed E-state index contributed by atoms with van der Waals surface area (Å²) in [6.45, 7) is 7.91. The molecule has 37 heavy (non-hydrogen) atoms. The number of likely N-dealkylation sites (tertiary alicyclic amines) is 1. The minimum Gasteiger partial charge on any atom is -0.507 e. The number of hydrogen-bond acceptors (Lipinski definition) is 8. The van der Waals surface area contributed by atoms with E-state index in [1.807, 2.05) is 13.8 Å². The zero-order valence-electron chi connectivity index (χ0n) is 21.0. The smallest absolute Gasteiger partial charge is 0.295 e. The van der Waals surface area contributed by atoms with Crippen LogP contribution < -0.4 is 4.74 Å². The van der Waals surface area contributed by atoms with Gasteiger partial charge in [-0.1, -0.05) is 26.0 Å². The Kier molecular flexibility index (Phi) is 8.20. The molecule has 4 rings (SSSR count). The number of nitrogens with zero attached hydrogens (tertiary/aromatic N) is 3. The number of carbonyl (C=O) groups excluding carboxylic acids is 2. The van der Waals surface area contributed by atoms with E-state index in [0.29, 0.717) is 62.2 Å². The number of amides is 1. The van der Waals surface area contributed by atoms with Crippen LogP contribution in [0.5, 0.6) is 5.75 Å². The van der Waals surface area contributed by atoms with E-state index in [4.69, 9.17) is 9.47 Å². The largest absolute Gasteiger partial charge is 0.507 e. The van der Waals surface area contributed by atoms with Crippen molar-refractivity contribution in [2.24, 2.45) is 5.92 Å². The minimum absolute atomic E-state index is 0.0941. The van der Waals surface area contributed by atoms with Gasteiger partial charge in [0.15, 0.2) is 0 Å². The lowest BCUT2D eigenvalue weighted by Crippen LogP contribution is -2.42. The summed E-state index contributed by atoms with van der Waals surface area (Å²) in [5.41, 5.74) is 0.471. The number of benzene rings is 2. The van der Waals surface area contributed by atoms with Crippen LogP contribution >= 0.6 is 0 Å². The normalized spacial score (nSPS) is 20.0. The molecular weight excluding hydrogens is 478 g/mol. The van der Waals surface area contributed by atoms with Gasteiger partial charge in [-0.15, -0.1) is 0 Å². The van der Waals surface area contributed by atoms with Gasteiger partial charge >= 0.3 is 0 Å². The summed E-state index contributed by atoms with van der Waals surface area (Å²) in [7, 11) is 0. The van der Waals surface area contributed by atoms with Crippen molar-refractivity contribution in [1.29, 1.82) is 0 Å². The topological polar surface area (TPSA) is 122 Å². The molecule has 1 atom stereocenters. The lowest BCUT2D eigenvalue weighted by molar-refractivity contribution is -0.384. The first-order valence-electron chi connectivity index (χ1n) is 12.3. The summed E-state index contributed by atoms with van der Waals surface area (Å²) in [6, 6.07) is 11.5. The number of morpholine rings is 1. The summed E-state index contributed by atoms with van der Waals surface area (Å²) < 4.78 is 11.1. The van der Waals surface area contributed by atoms with Crippen LogP contribution in [0.1, 0.15) is 31.0 Å². The third-order valence-electron chi connectivity index (χ3n) is 6.41. The molecule has 0 bridgehead atoms. The zero-order chi connectivity index (χ0) is 26.5. The van der Waals surface area contributed by atoms with Crippen LogP contribution in [0.3, 0.4) is 0 Å². The maximum atomic E-state index is 13.2. The van der Waals surface area contributed by atoms with Crippen LogP contribution in [0.25, 0.3) is 5.76 Å². The molecule has 1 N–H and O–H groups in total. The Bertz CT molecular complexity index is 1190. The van der Waals surface area contributed by atoms with Gasteiger partial charge in [0.1, 0.15) is 11.5 Å². The molecule has 0 radical (unpaired) electrons. The number of non-ortho nitro benzene ring substituents is 1. The average Bonchev–Trinajstić information content (AvgIpc) is 3.16. The van der Waals surface area contributed by atoms with Gasteiger partial charge in [-0.2, -0.15) is 0 Å². The van der Waals surface area contributed by atoms with Gasteiger partial charge in [-0.3, -0.25) is 24.6 Å². The van der Waals surface area contributed by atoms with Crippen LogP contribution in [0, 0.1) is 16.0 Å². The van der Waals surface area contributed by atoms with E-state index in [-0.39, 0.29) is 23.6 Å². The Morgan fingerprint density at radius 3 is 2.49 bits per heavy atom. The lowest BCUT2D eigenvalue weighted by Gasteiger charge is -2.31. The minimum atomic E-state index is -0.960. The number of nitro groups is 1. The van der Waals surface area contributed by atoms with Crippen LogP contribution in [0.4, 0.5) is 5.69 Å². The van der Waals surface area contributed by atoms with Crippen molar-refractivity contribution in [3.8, 4) is 5.75 Å². The van der Waals surface area contributed by atoms with E-state index in [0.717, 1.165) is 0 Å². The van der Waals surface area contributed by atoms with Gasteiger partial charge < -0.3 is 19.5 Å². The number of rotatable bonds is 9.